The normalized spacial score (nSPS) is 17.3. The summed E-state index contributed by atoms with van der Waals surface area (Å²) >= 11 is 4.96. The van der Waals surface area contributed by atoms with Crippen molar-refractivity contribution in [2.75, 3.05) is 37.7 Å². The fourth-order valence-electron chi connectivity index (χ4n) is 2.40. The molecule has 3 rings (SSSR count). The highest BCUT2D eigenvalue weighted by atomic mass is 32.2. The molecule has 3 heterocycles. The first-order valence-corrected chi connectivity index (χ1v) is 11.5. The van der Waals surface area contributed by atoms with Crippen LogP contribution in [0.15, 0.2) is 15.7 Å². The van der Waals surface area contributed by atoms with Crippen LogP contribution in [0.1, 0.15) is 4.88 Å². The van der Waals surface area contributed by atoms with Crippen molar-refractivity contribution in [3.8, 4) is 0 Å². The largest absolute Gasteiger partial charge is 0.311 e. The van der Waals surface area contributed by atoms with Crippen LogP contribution in [0.25, 0.3) is 10.1 Å². The average molecular weight is 378 g/mol. The second-order valence-corrected chi connectivity index (χ2v) is 10.2. The maximum atomic E-state index is 11.4. The van der Waals surface area contributed by atoms with Crippen molar-refractivity contribution < 1.29 is 8.42 Å². The van der Waals surface area contributed by atoms with E-state index in [0.717, 1.165) is 29.7 Å². The molecule has 3 N–H and O–H groups in total. The van der Waals surface area contributed by atoms with Crippen LogP contribution < -0.4 is 10.5 Å². The molecule has 1 aliphatic rings. The quantitative estimate of drug-likeness (QED) is 0.750. The van der Waals surface area contributed by atoms with Gasteiger partial charge < -0.3 is 10.2 Å². The Morgan fingerprint density at radius 1 is 1.32 bits per heavy atom. The molecule has 0 aromatic carbocycles. The molecule has 0 aliphatic carbocycles. The molecule has 0 bridgehead atoms. The van der Waals surface area contributed by atoms with E-state index in [1.165, 1.54) is 40.8 Å². The number of fused-ring (bicyclic) bond motifs is 1. The van der Waals surface area contributed by atoms with E-state index in [9.17, 15) is 8.42 Å². The second kappa shape index (κ2) is 7.16. The molecular formula is C13H19N3O2S4. The van der Waals surface area contributed by atoms with E-state index in [1.807, 2.05) is 17.1 Å². The Labute approximate surface area is 142 Å². The van der Waals surface area contributed by atoms with E-state index in [-0.39, 0.29) is 4.21 Å². The topological polar surface area (TPSA) is 75.4 Å². The highest BCUT2D eigenvalue weighted by Crippen LogP contribution is 2.35. The minimum atomic E-state index is -3.60. The second-order valence-electron chi connectivity index (χ2n) is 5.18. The van der Waals surface area contributed by atoms with E-state index in [4.69, 9.17) is 5.14 Å². The summed E-state index contributed by atoms with van der Waals surface area (Å²) in [6.45, 7) is 5.16. The van der Waals surface area contributed by atoms with Gasteiger partial charge in [-0.2, -0.15) is 11.8 Å². The molecule has 1 saturated heterocycles. The van der Waals surface area contributed by atoms with Gasteiger partial charge >= 0.3 is 0 Å². The third-order valence-electron chi connectivity index (χ3n) is 3.59. The van der Waals surface area contributed by atoms with Crippen LogP contribution in [-0.2, 0) is 16.6 Å². The van der Waals surface area contributed by atoms with E-state index in [1.54, 1.807) is 17.4 Å². The third kappa shape index (κ3) is 4.02. The van der Waals surface area contributed by atoms with Gasteiger partial charge in [0, 0.05) is 54.5 Å². The Hall–Kier alpha value is -0.160. The van der Waals surface area contributed by atoms with Crippen LogP contribution in [0.4, 0.5) is 0 Å². The number of hydrogen-bond donors (Lipinski definition) is 2. The van der Waals surface area contributed by atoms with Crippen LogP contribution in [0.3, 0.4) is 0 Å². The summed E-state index contributed by atoms with van der Waals surface area (Å²) in [5.74, 6) is 2.47. The monoisotopic (exact) mass is 377 g/mol. The van der Waals surface area contributed by atoms with Gasteiger partial charge in [0.15, 0.2) is 0 Å². The minimum Gasteiger partial charge on any atom is -0.311 e. The first-order chi connectivity index (χ1) is 10.5. The van der Waals surface area contributed by atoms with Crippen molar-refractivity contribution >= 4 is 54.5 Å². The van der Waals surface area contributed by atoms with Crippen molar-refractivity contribution in [3.05, 3.63) is 16.3 Å². The summed E-state index contributed by atoms with van der Waals surface area (Å²) in [7, 11) is -3.60. The van der Waals surface area contributed by atoms with Gasteiger partial charge in [-0.1, -0.05) is 0 Å². The van der Waals surface area contributed by atoms with Crippen LogP contribution in [-0.4, -0.2) is 51.0 Å². The number of nitrogens with two attached hydrogens (primary N) is 1. The van der Waals surface area contributed by atoms with Gasteiger partial charge in [-0.15, -0.1) is 22.7 Å². The summed E-state index contributed by atoms with van der Waals surface area (Å²) in [5.41, 5.74) is 0. The SMILES string of the molecule is NS(=O)(=O)c1cc2csc(CNCCN3CCSCC3)c2s1. The maximum Gasteiger partial charge on any atom is 0.247 e. The number of primary sulfonamides is 1. The molecule has 0 unspecified atom stereocenters. The van der Waals surface area contributed by atoms with Crippen molar-refractivity contribution in [1.82, 2.24) is 10.2 Å². The van der Waals surface area contributed by atoms with Gasteiger partial charge in [0.25, 0.3) is 0 Å². The number of nitrogens with one attached hydrogen (secondary N) is 1. The van der Waals surface area contributed by atoms with E-state index in [0.29, 0.717) is 0 Å². The van der Waals surface area contributed by atoms with E-state index >= 15 is 0 Å². The van der Waals surface area contributed by atoms with Gasteiger partial charge in [-0.05, 0) is 11.4 Å². The molecular weight excluding hydrogens is 358 g/mol. The Morgan fingerprint density at radius 2 is 2.09 bits per heavy atom. The molecule has 0 amide bonds. The lowest BCUT2D eigenvalue weighted by Gasteiger charge is -2.26. The Morgan fingerprint density at radius 3 is 2.82 bits per heavy atom. The van der Waals surface area contributed by atoms with Crippen LogP contribution in [0.5, 0.6) is 0 Å². The number of nitrogens with zero attached hydrogens (tertiary/aromatic N) is 1. The standard InChI is InChI=1S/C13H19N3O2S4/c14-22(17,18)12-7-10-9-20-11(13(10)21-12)8-15-1-2-16-3-5-19-6-4-16/h7,9,15H,1-6,8H2,(H2,14,17,18). The molecule has 1 aliphatic heterocycles. The van der Waals surface area contributed by atoms with E-state index < -0.39 is 10.0 Å². The Kier molecular flexibility index (Phi) is 5.43. The zero-order chi connectivity index (χ0) is 15.6. The smallest absolute Gasteiger partial charge is 0.247 e. The van der Waals surface area contributed by atoms with Crippen molar-refractivity contribution in [2.45, 2.75) is 10.8 Å². The highest BCUT2D eigenvalue weighted by molar-refractivity contribution is 7.99. The van der Waals surface area contributed by atoms with Crippen LogP contribution in [0, 0.1) is 0 Å². The molecule has 5 nitrogen and oxygen atoms in total. The summed E-state index contributed by atoms with van der Waals surface area (Å²) < 4.78 is 24.1. The fraction of sp³-hybridized carbons (Fsp3) is 0.538. The number of sulfonamides is 1. The zero-order valence-electron chi connectivity index (χ0n) is 12.1. The van der Waals surface area contributed by atoms with E-state index in [2.05, 4.69) is 10.2 Å². The molecule has 1 fully saturated rings. The lowest BCUT2D eigenvalue weighted by Crippen LogP contribution is -2.37. The van der Waals surface area contributed by atoms with Crippen LogP contribution in [0.2, 0.25) is 0 Å². The lowest BCUT2D eigenvalue weighted by molar-refractivity contribution is 0.301. The molecule has 0 spiro atoms. The molecule has 0 saturated carbocycles. The highest BCUT2D eigenvalue weighted by Gasteiger charge is 2.16. The van der Waals surface area contributed by atoms with Gasteiger partial charge in [0.1, 0.15) is 4.21 Å². The summed E-state index contributed by atoms with van der Waals surface area (Å²) in [5, 5.41) is 11.6. The third-order valence-corrected chi connectivity index (χ3v) is 8.30. The van der Waals surface area contributed by atoms with Gasteiger partial charge in [0.2, 0.25) is 10.0 Å². The Bertz CT molecular complexity index is 732. The Balaban J connectivity index is 1.56. The predicted molar refractivity (Wildman–Crippen MR) is 96.5 cm³/mol. The molecule has 22 heavy (non-hydrogen) atoms. The van der Waals surface area contributed by atoms with Gasteiger partial charge in [0.05, 0.1) is 4.70 Å². The molecule has 9 heteroatoms. The number of thiophene rings is 2. The number of rotatable bonds is 6. The molecule has 2 aromatic rings. The first-order valence-electron chi connectivity index (χ1n) is 7.07. The van der Waals surface area contributed by atoms with Crippen LogP contribution >= 0.6 is 34.4 Å². The summed E-state index contributed by atoms with van der Waals surface area (Å²) in [4.78, 5) is 3.67. The summed E-state index contributed by atoms with van der Waals surface area (Å²) in [6, 6.07) is 1.67. The van der Waals surface area contributed by atoms with Crippen molar-refractivity contribution in [1.29, 1.82) is 0 Å². The van der Waals surface area contributed by atoms with Crippen molar-refractivity contribution in [3.63, 3.8) is 0 Å². The molecule has 0 atom stereocenters. The molecule has 0 radical (unpaired) electrons. The van der Waals surface area contributed by atoms with Gasteiger partial charge in [-0.25, -0.2) is 13.6 Å². The van der Waals surface area contributed by atoms with Gasteiger partial charge in [-0.3, -0.25) is 0 Å². The molecule has 122 valence electrons. The van der Waals surface area contributed by atoms with Crippen molar-refractivity contribution in [2.24, 2.45) is 5.14 Å². The molecule has 2 aromatic heterocycles. The zero-order valence-corrected chi connectivity index (χ0v) is 15.3. The number of hydrogen-bond acceptors (Lipinski definition) is 7. The minimum absolute atomic E-state index is 0.248. The predicted octanol–water partition coefficient (Wildman–Crippen LogP) is 1.75. The lowest BCUT2D eigenvalue weighted by atomic mass is 10.3. The average Bonchev–Trinajstić information content (AvgIpc) is 3.05. The number of thioether (sulfide) groups is 1. The summed E-state index contributed by atoms with van der Waals surface area (Å²) in [6.07, 6.45) is 0. The first kappa shape index (κ1) is 16.7. The maximum absolute atomic E-state index is 11.4. The fourth-order valence-corrected chi connectivity index (χ4v) is 6.40.